The van der Waals surface area contributed by atoms with E-state index in [9.17, 15) is 13.2 Å². The highest BCUT2D eigenvalue weighted by molar-refractivity contribution is 7.89. The minimum absolute atomic E-state index is 0.113. The number of pyridine rings is 1. The average molecular weight is 393 g/mol. The third-order valence-corrected chi connectivity index (χ3v) is 6.20. The second-order valence-electron chi connectivity index (χ2n) is 5.74. The molecular weight excluding hydrogens is 376 g/mol. The second-order valence-corrected chi connectivity index (χ2v) is 8.07. The first-order valence-corrected chi connectivity index (χ1v) is 9.80. The lowest BCUT2D eigenvalue weighted by Crippen LogP contribution is -2.44. The fourth-order valence-corrected chi connectivity index (χ4v) is 4.51. The number of carbonyl (C=O) groups excluding carboxylic acids is 1. The molecule has 3 rings (SSSR count). The SMILES string of the molecule is O=C(N/N=C\c1ccncc1)[C@@H]1CCCN1S(=O)(=O)c1ccc(Cl)cc1. The molecule has 0 spiro atoms. The van der Waals surface area contributed by atoms with Crippen LogP contribution in [-0.4, -0.2) is 42.4 Å². The Kier molecular flexibility index (Phi) is 5.65. The summed E-state index contributed by atoms with van der Waals surface area (Å²) in [6.45, 7) is 0.289. The molecule has 1 aromatic carbocycles. The lowest BCUT2D eigenvalue weighted by atomic mass is 10.2. The lowest BCUT2D eigenvalue weighted by molar-refractivity contribution is -0.124. The van der Waals surface area contributed by atoms with Crippen LogP contribution < -0.4 is 5.43 Å². The maximum Gasteiger partial charge on any atom is 0.258 e. The van der Waals surface area contributed by atoms with Crippen molar-refractivity contribution in [2.75, 3.05) is 6.54 Å². The summed E-state index contributed by atoms with van der Waals surface area (Å²) >= 11 is 5.82. The topological polar surface area (TPSA) is 91.7 Å². The van der Waals surface area contributed by atoms with Crippen molar-refractivity contribution >= 4 is 33.7 Å². The summed E-state index contributed by atoms with van der Waals surface area (Å²) < 4.78 is 26.8. The predicted molar refractivity (Wildman–Crippen MR) is 98.3 cm³/mol. The number of benzene rings is 1. The van der Waals surface area contributed by atoms with E-state index in [1.54, 1.807) is 24.5 Å². The molecule has 1 amide bonds. The van der Waals surface area contributed by atoms with E-state index in [0.717, 1.165) is 5.56 Å². The first-order valence-electron chi connectivity index (χ1n) is 7.99. The second kappa shape index (κ2) is 7.94. The molecule has 0 saturated carbocycles. The van der Waals surface area contributed by atoms with Gasteiger partial charge in [-0.2, -0.15) is 9.41 Å². The fourth-order valence-electron chi connectivity index (χ4n) is 2.73. The number of hydrogen-bond acceptors (Lipinski definition) is 5. The van der Waals surface area contributed by atoms with Gasteiger partial charge in [-0.1, -0.05) is 11.6 Å². The summed E-state index contributed by atoms with van der Waals surface area (Å²) in [7, 11) is -3.77. The molecule has 1 aliphatic heterocycles. The van der Waals surface area contributed by atoms with Gasteiger partial charge >= 0.3 is 0 Å². The quantitative estimate of drug-likeness (QED) is 0.622. The summed E-state index contributed by atoms with van der Waals surface area (Å²) in [6, 6.07) is 8.59. The summed E-state index contributed by atoms with van der Waals surface area (Å²) in [6.07, 6.45) is 5.76. The maximum atomic E-state index is 12.8. The van der Waals surface area contributed by atoms with Gasteiger partial charge in [0, 0.05) is 24.0 Å². The molecule has 0 unspecified atom stereocenters. The van der Waals surface area contributed by atoms with Crippen molar-refractivity contribution in [2.24, 2.45) is 5.10 Å². The summed E-state index contributed by atoms with van der Waals surface area (Å²) in [4.78, 5) is 16.4. The Morgan fingerprint density at radius 2 is 1.92 bits per heavy atom. The van der Waals surface area contributed by atoms with Gasteiger partial charge in [-0.05, 0) is 54.8 Å². The molecule has 7 nitrogen and oxygen atoms in total. The van der Waals surface area contributed by atoms with Gasteiger partial charge in [0.2, 0.25) is 10.0 Å². The molecule has 1 fully saturated rings. The van der Waals surface area contributed by atoms with E-state index in [4.69, 9.17) is 11.6 Å². The van der Waals surface area contributed by atoms with Crippen LogP contribution in [-0.2, 0) is 14.8 Å². The number of rotatable bonds is 5. The molecule has 1 saturated heterocycles. The number of nitrogens with one attached hydrogen (secondary N) is 1. The first kappa shape index (κ1) is 18.5. The monoisotopic (exact) mass is 392 g/mol. The minimum atomic E-state index is -3.77. The molecule has 1 aromatic heterocycles. The standard InChI is InChI=1S/C17H17ClN4O3S/c18-14-3-5-15(6-4-14)26(24,25)22-11-1-2-16(22)17(23)21-20-12-13-7-9-19-10-8-13/h3-10,12,16H,1-2,11H2,(H,21,23)/b20-12-/t16-/m0/s1. The summed E-state index contributed by atoms with van der Waals surface area (Å²) in [5, 5.41) is 4.34. The van der Waals surface area contributed by atoms with Crippen LogP contribution >= 0.6 is 11.6 Å². The van der Waals surface area contributed by atoms with Crippen LogP contribution in [0.3, 0.4) is 0 Å². The molecule has 0 bridgehead atoms. The van der Waals surface area contributed by atoms with Crippen LogP contribution in [0.1, 0.15) is 18.4 Å². The van der Waals surface area contributed by atoms with Crippen molar-refractivity contribution in [2.45, 2.75) is 23.8 Å². The normalized spacial score (nSPS) is 18.3. The average Bonchev–Trinajstić information content (AvgIpc) is 3.14. The number of hydrazone groups is 1. The number of hydrogen-bond donors (Lipinski definition) is 1. The van der Waals surface area contributed by atoms with Gasteiger partial charge in [0.15, 0.2) is 0 Å². The molecule has 1 atom stereocenters. The van der Waals surface area contributed by atoms with E-state index < -0.39 is 22.0 Å². The highest BCUT2D eigenvalue weighted by Crippen LogP contribution is 2.27. The van der Waals surface area contributed by atoms with Crippen molar-refractivity contribution < 1.29 is 13.2 Å². The minimum Gasteiger partial charge on any atom is -0.271 e. The summed E-state index contributed by atoms with van der Waals surface area (Å²) in [5.74, 6) is -0.453. The number of aromatic nitrogens is 1. The van der Waals surface area contributed by atoms with Gasteiger partial charge in [-0.3, -0.25) is 9.78 Å². The van der Waals surface area contributed by atoms with Gasteiger partial charge < -0.3 is 0 Å². The molecule has 0 aliphatic carbocycles. The van der Waals surface area contributed by atoms with Crippen LogP contribution in [0, 0.1) is 0 Å². The Hall–Kier alpha value is -2.29. The van der Waals surface area contributed by atoms with Crippen LogP contribution in [0.25, 0.3) is 0 Å². The lowest BCUT2D eigenvalue weighted by Gasteiger charge is -2.22. The molecule has 2 heterocycles. The zero-order valence-corrected chi connectivity index (χ0v) is 15.3. The Bertz CT molecular complexity index is 901. The van der Waals surface area contributed by atoms with Crippen LogP contribution in [0.2, 0.25) is 5.02 Å². The van der Waals surface area contributed by atoms with E-state index in [-0.39, 0.29) is 11.4 Å². The zero-order chi connectivity index (χ0) is 18.6. The van der Waals surface area contributed by atoms with Crippen molar-refractivity contribution in [1.29, 1.82) is 0 Å². The van der Waals surface area contributed by atoms with Crippen molar-refractivity contribution in [3.63, 3.8) is 0 Å². The van der Waals surface area contributed by atoms with Gasteiger partial charge in [-0.25, -0.2) is 13.8 Å². The highest BCUT2D eigenvalue weighted by Gasteiger charge is 2.39. The zero-order valence-electron chi connectivity index (χ0n) is 13.7. The molecule has 136 valence electrons. The summed E-state index contributed by atoms with van der Waals surface area (Å²) in [5.41, 5.74) is 3.19. The maximum absolute atomic E-state index is 12.8. The molecule has 1 N–H and O–H groups in total. The van der Waals surface area contributed by atoms with E-state index in [0.29, 0.717) is 17.9 Å². The number of amides is 1. The molecule has 2 aromatic rings. The van der Waals surface area contributed by atoms with E-state index >= 15 is 0 Å². The molecule has 1 aliphatic rings. The van der Waals surface area contributed by atoms with E-state index in [1.165, 1.54) is 34.8 Å². The number of halogens is 1. The molecular formula is C17H17ClN4O3S. The van der Waals surface area contributed by atoms with Crippen LogP contribution in [0.5, 0.6) is 0 Å². The fraction of sp³-hybridized carbons (Fsp3) is 0.235. The van der Waals surface area contributed by atoms with Crippen molar-refractivity contribution in [3.8, 4) is 0 Å². The van der Waals surface area contributed by atoms with Crippen LogP contribution in [0.15, 0.2) is 58.8 Å². The van der Waals surface area contributed by atoms with Gasteiger partial charge in [-0.15, -0.1) is 0 Å². The van der Waals surface area contributed by atoms with Crippen LogP contribution in [0.4, 0.5) is 0 Å². The molecule has 9 heteroatoms. The molecule has 26 heavy (non-hydrogen) atoms. The van der Waals surface area contributed by atoms with Gasteiger partial charge in [0.1, 0.15) is 6.04 Å². The van der Waals surface area contributed by atoms with Crippen molar-refractivity contribution in [1.82, 2.24) is 14.7 Å². The highest BCUT2D eigenvalue weighted by atomic mass is 35.5. The van der Waals surface area contributed by atoms with E-state index in [1.807, 2.05) is 0 Å². The number of sulfonamides is 1. The predicted octanol–water partition coefficient (Wildman–Crippen LogP) is 2.04. The Labute approximate surface area is 156 Å². The number of nitrogens with zero attached hydrogens (tertiary/aromatic N) is 3. The Balaban J connectivity index is 1.72. The smallest absolute Gasteiger partial charge is 0.258 e. The van der Waals surface area contributed by atoms with E-state index in [2.05, 4.69) is 15.5 Å². The first-order chi connectivity index (χ1) is 12.5. The Morgan fingerprint density at radius 3 is 2.62 bits per heavy atom. The third kappa shape index (κ3) is 4.09. The van der Waals surface area contributed by atoms with Crippen molar-refractivity contribution in [3.05, 3.63) is 59.4 Å². The van der Waals surface area contributed by atoms with Gasteiger partial charge in [0.05, 0.1) is 11.1 Å². The molecule has 0 radical (unpaired) electrons. The largest absolute Gasteiger partial charge is 0.271 e. The Morgan fingerprint density at radius 1 is 1.23 bits per heavy atom. The van der Waals surface area contributed by atoms with Gasteiger partial charge in [0.25, 0.3) is 5.91 Å². The third-order valence-electron chi connectivity index (χ3n) is 4.02. The number of carbonyl (C=O) groups is 1.